The summed E-state index contributed by atoms with van der Waals surface area (Å²) in [5.74, 6) is -0.159. The summed E-state index contributed by atoms with van der Waals surface area (Å²) >= 11 is 6.02. The SMILES string of the molecule is O=C(C1=Cc2cc(Cl)ccc2OC1)N1CCCC(NS(=O)(=O)c2cccc(F)c2)C1. The van der Waals surface area contributed by atoms with E-state index < -0.39 is 21.9 Å². The van der Waals surface area contributed by atoms with Crippen LogP contribution in [0, 0.1) is 5.82 Å². The first kappa shape index (κ1) is 20.8. The number of carbonyl (C=O) groups is 1. The van der Waals surface area contributed by atoms with Crippen LogP contribution in [-0.4, -0.2) is 45.0 Å². The van der Waals surface area contributed by atoms with Gasteiger partial charge in [0.25, 0.3) is 5.91 Å². The van der Waals surface area contributed by atoms with Gasteiger partial charge in [0.05, 0.1) is 10.5 Å². The van der Waals surface area contributed by atoms with Crippen molar-refractivity contribution in [2.45, 2.75) is 23.8 Å². The Morgan fingerprint density at radius 1 is 1.23 bits per heavy atom. The molecule has 0 bridgehead atoms. The van der Waals surface area contributed by atoms with Crippen molar-refractivity contribution >= 4 is 33.6 Å². The van der Waals surface area contributed by atoms with Crippen LogP contribution in [0.5, 0.6) is 5.75 Å². The third-order valence-corrected chi connectivity index (χ3v) is 6.85. The highest BCUT2D eigenvalue weighted by Crippen LogP contribution is 2.30. The molecule has 0 aliphatic carbocycles. The van der Waals surface area contributed by atoms with Crippen molar-refractivity contribution in [2.75, 3.05) is 19.7 Å². The smallest absolute Gasteiger partial charge is 0.253 e. The summed E-state index contributed by atoms with van der Waals surface area (Å²) in [5, 5.41) is 0.548. The van der Waals surface area contributed by atoms with Crippen molar-refractivity contribution < 1.29 is 22.3 Å². The summed E-state index contributed by atoms with van der Waals surface area (Å²) in [6.07, 6.45) is 3.00. The van der Waals surface area contributed by atoms with Crippen LogP contribution in [0.2, 0.25) is 5.02 Å². The molecule has 1 atom stereocenters. The van der Waals surface area contributed by atoms with Gasteiger partial charge in [-0.2, -0.15) is 0 Å². The van der Waals surface area contributed by atoms with Gasteiger partial charge in [0.2, 0.25) is 10.0 Å². The first-order chi connectivity index (χ1) is 14.3. The van der Waals surface area contributed by atoms with Crippen molar-refractivity contribution in [1.82, 2.24) is 9.62 Å². The lowest BCUT2D eigenvalue weighted by atomic mass is 10.0. The third kappa shape index (κ3) is 4.50. The molecule has 0 spiro atoms. The molecule has 2 aromatic rings. The molecule has 2 aliphatic heterocycles. The van der Waals surface area contributed by atoms with E-state index in [-0.39, 0.29) is 24.0 Å². The molecule has 0 radical (unpaired) electrons. The Hall–Kier alpha value is -2.42. The van der Waals surface area contributed by atoms with Crippen molar-refractivity contribution in [3.05, 3.63) is 64.4 Å². The van der Waals surface area contributed by atoms with Crippen LogP contribution in [0.4, 0.5) is 4.39 Å². The number of hydrogen-bond acceptors (Lipinski definition) is 4. The molecule has 1 fully saturated rings. The second-order valence-electron chi connectivity index (χ2n) is 7.31. The van der Waals surface area contributed by atoms with E-state index in [0.29, 0.717) is 35.7 Å². The average Bonchev–Trinajstić information content (AvgIpc) is 2.72. The number of sulfonamides is 1. The summed E-state index contributed by atoms with van der Waals surface area (Å²) in [4.78, 5) is 14.5. The Labute approximate surface area is 179 Å². The number of fused-ring (bicyclic) bond motifs is 1. The fourth-order valence-corrected chi connectivity index (χ4v) is 5.13. The first-order valence-electron chi connectivity index (χ1n) is 9.52. The van der Waals surface area contributed by atoms with E-state index in [1.54, 1.807) is 29.2 Å². The maximum absolute atomic E-state index is 13.4. The van der Waals surface area contributed by atoms with Gasteiger partial charge in [-0.05, 0) is 55.3 Å². The number of likely N-dealkylation sites (tertiary alicyclic amines) is 1. The quantitative estimate of drug-likeness (QED) is 0.776. The molecule has 9 heteroatoms. The molecule has 6 nitrogen and oxygen atoms in total. The van der Waals surface area contributed by atoms with E-state index in [0.717, 1.165) is 11.6 Å². The number of rotatable bonds is 4. The van der Waals surface area contributed by atoms with E-state index >= 15 is 0 Å². The average molecular weight is 451 g/mol. The molecule has 2 aromatic carbocycles. The van der Waals surface area contributed by atoms with E-state index in [4.69, 9.17) is 16.3 Å². The normalized spacial score (nSPS) is 18.9. The number of piperidine rings is 1. The molecule has 158 valence electrons. The minimum absolute atomic E-state index is 0.136. The summed E-state index contributed by atoms with van der Waals surface area (Å²) in [6, 6.07) is 9.60. The number of nitrogens with one attached hydrogen (secondary N) is 1. The summed E-state index contributed by atoms with van der Waals surface area (Å²) in [5.41, 5.74) is 1.22. The number of hydrogen-bond donors (Lipinski definition) is 1. The van der Waals surface area contributed by atoms with Gasteiger partial charge >= 0.3 is 0 Å². The Morgan fingerprint density at radius 3 is 2.87 bits per heavy atom. The lowest BCUT2D eigenvalue weighted by Gasteiger charge is -2.34. The van der Waals surface area contributed by atoms with E-state index in [1.165, 1.54) is 18.2 Å². The second kappa shape index (κ2) is 8.37. The van der Waals surface area contributed by atoms with Crippen LogP contribution in [0.15, 0.2) is 52.9 Å². The van der Waals surface area contributed by atoms with Gasteiger partial charge in [0.15, 0.2) is 0 Å². The van der Waals surface area contributed by atoms with Gasteiger partial charge in [-0.15, -0.1) is 0 Å². The fraction of sp³-hybridized carbons (Fsp3) is 0.286. The van der Waals surface area contributed by atoms with Gasteiger partial charge < -0.3 is 9.64 Å². The Bertz CT molecular complexity index is 1120. The lowest BCUT2D eigenvalue weighted by molar-refractivity contribution is -0.128. The number of nitrogens with zero attached hydrogens (tertiary/aromatic N) is 1. The van der Waals surface area contributed by atoms with E-state index in [9.17, 15) is 17.6 Å². The molecule has 1 unspecified atom stereocenters. The topological polar surface area (TPSA) is 75.7 Å². The zero-order valence-corrected chi connectivity index (χ0v) is 17.5. The molecular weight excluding hydrogens is 431 g/mol. The number of ether oxygens (including phenoxy) is 1. The standard InChI is InChI=1S/C21H20ClFN2O4S/c22-16-6-7-20-14(10-16)9-15(13-29-20)21(26)25-8-2-4-18(12-25)24-30(27,28)19-5-1-3-17(23)11-19/h1,3,5-7,9-11,18,24H,2,4,8,12-13H2. The number of benzene rings is 2. The predicted molar refractivity (Wildman–Crippen MR) is 111 cm³/mol. The highest BCUT2D eigenvalue weighted by molar-refractivity contribution is 7.89. The number of halogens is 2. The van der Waals surface area contributed by atoms with Gasteiger partial charge in [-0.3, -0.25) is 4.79 Å². The van der Waals surface area contributed by atoms with Gasteiger partial charge in [0, 0.05) is 29.7 Å². The lowest BCUT2D eigenvalue weighted by Crippen LogP contribution is -2.50. The maximum atomic E-state index is 13.4. The van der Waals surface area contributed by atoms with Crippen LogP contribution < -0.4 is 9.46 Å². The summed E-state index contributed by atoms with van der Waals surface area (Å²) in [6.45, 7) is 0.896. The first-order valence-corrected chi connectivity index (χ1v) is 11.4. The largest absolute Gasteiger partial charge is 0.488 e. The van der Waals surface area contributed by atoms with Crippen LogP contribution in [0.1, 0.15) is 18.4 Å². The molecule has 2 heterocycles. The molecule has 1 N–H and O–H groups in total. The monoisotopic (exact) mass is 450 g/mol. The minimum atomic E-state index is -3.88. The van der Waals surface area contributed by atoms with Crippen LogP contribution in [-0.2, 0) is 14.8 Å². The Morgan fingerprint density at radius 2 is 2.07 bits per heavy atom. The zero-order valence-electron chi connectivity index (χ0n) is 16.0. The molecule has 2 aliphatic rings. The molecule has 30 heavy (non-hydrogen) atoms. The van der Waals surface area contributed by atoms with Crippen molar-refractivity contribution in [1.29, 1.82) is 0 Å². The molecule has 1 amide bonds. The van der Waals surface area contributed by atoms with Crippen molar-refractivity contribution in [3.63, 3.8) is 0 Å². The molecule has 1 saturated heterocycles. The second-order valence-corrected chi connectivity index (χ2v) is 9.46. The maximum Gasteiger partial charge on any atom is 0.253 e. The third-order valence-electron chi connectivity index (χ3n) is 5.10. The molecule has 0 aromatic heterocycles. The van der Waals surface area contributed by atoms with Crippen molar-refractivity contribution in [2.24, 2.45) is 0 Å². The summed E-state index contributed by atoms with van der Waals surface area (Å²) < 4.78 is 46.8. The van der Waals surface area contributed by atoms with E-state index in [1.807, 2.05) is 0 Å². The number of carbonyl (C=O) groups excluding carboxylic acids is 1. The molecular formula is C21H20ClFN2O4S. The zero-order chi connectivity index (χ0) is 21.3. The summed E-state index contributed by atoms with van der Waals surface area (Å²) in [7, 11) is -3.88. The fourth-order valence-electron chi connectivity index (χ4n) is 3.65. The highest BCUT2D eigenvalue weighted by atomic mass is 35.5. The van der Waals surface area contributed by atoms with Crippen LogP contribution >= 0.6 is 11.6 Å². The van der Waals surface area contributed by atoms with E-state index in [2.05, 4.69) is 4.72 Å². The van der Waals surface area contributed by atoms with Crippen molar-refractivity contribution in [3.8, 4) is 5.75 Å². The Kier molecular flexibility index (Phi) is 5.81. The molecule has 4 rings (SSSR count). The Balaban J connectivity index is 1.47. The predicted octanol–water partition coefficient (Wildman–Crippen LogP) is 3.22. The van der Waals surface area contributed by atoms with Gasteiger partial charge in [-0.1, -0.05) is 17.7 Å². The minimum Gasteiger partial charge on any atom is -0.488 e. The molecule has 0 saturated carbocycles. The van der Waals surface area contributed by atoms with Gasteiger partial charge in [0.1, 0.15) is 18.2 Å². The number of amides is 1. The highest BCUT2D eigenvalue weighted by Gasteiger charge is 2.30. The van der Waals surface area contributed by atoms with Crippen LogP contribution in [0.3, 0.4) is 0 Å². The van der Waals surface area contributed by atoms with Crippen LogP contribution in [0.25, 0.3) is 6.08 Å². The van der Waals surface area contributed by atoms with Gasteiger partial charge in [-0.25, -0.2) is 17.5 Å².